The van der Waals surface area contributed by atoms with Crippen LogP contribution in [-0.4, -0.2) is 42.1 Å². The number of H-pyrrole nitrogens is 1. The van der Waals surface area contributed by atoms with Crippen molar-refractivity contribution in [3.8, 4) is 0 Å². The third kappa shape index (κ3) is 3.30. The van der Waals surface area contributed by atoms with Gasteiger partial charge in [-0.05, 0) is 18.8 Å². The van der Waals surface area contributed by atoms with Crippen molar-refractivity contribution in [2.45, 2.75) is 52.1 Å². The van der Waals surface area contributed by atoms with Crippen LogP contribution < -0.4 is 5.32 Å². The van der Waals surface area contributed by atoms with Crippen LogP contribution in [0, 0.1) is 18.8 Å². The van der Waals surface area contributed by atoms with E-state index in [1.54, 1.807) is 11.2 Å². The van der Waals surface area contributed by atoms with Crippen LogP contribution >= 0.6 is 0 Å². The molecule has 1 aromatic heterocycles. The molecule has 0 radical (unpaired) electrons. The minimum atomic E-state index is -3.47. The number of sulfonamides is 1. The molecule has 1 aliphatic heterocycles. The predicted molar refractivity (Wildman–Crippen MR) is 82.4 cm³/mol. The number of aryl methyl sites for hydroxylation is 1. The highest BCUT2D eigenvalue weighted by molar-refractivity contribution is 7.89. The first-order chi connectivity index (χ1) is 9.73. The van der Waals surface area contributed by atoms with E-state index in [-0.39, 0.29) is 6.04 Å². The fraction of sp³-hybridized carbons (Fsp3) is 0.786. The van der Waals surface area contributed by atoms with Crippen molar-refractivity contribution in [2.24, 2.45) is 11.8 Å². The lowest BCUT2D eigenvalue weighted by atomic mass is 10.0. The molecule has 120 valence electrons. The third-order valence-electron chi connectivity index (χ3n) is 4.19. The van der Waals surface area contributed by atoms with Gasteiger partial charge in [0.05, 0.1) is 11.4 Å². The molecule has 0 amide bonds. The first-order valence-electron chi connectivity index (χ1n) is 7.50. The highest BCUT2D eigenvalue weighted by Gasteiger charge is 2.37. The van der Waals surface area contributed by atoms with Gasteiger partial charge in [0.2, 0.25) is 10.0 Å². The zero-order valence-corrected chi connectivity index (χ0v) is 14.3. The zero-order valence-electron chi connectivity index (χ0n) is 13.5. The second-order valence-electron chi connectivity index (χ2n) is 6.44. The molecule has 21 heavy (non-hydrogen) atoms. The maximum Gasteiger partial charge on any atom is 0.246 e. The molecular formula is C14H26N4O2S. The highest BCUT2D eigenvalue weighted by atomic mass is 32.2. The summed E-state index contributed by atoms with van der Waals surface area (Å²) < 4.78 is 27.4. The normalized spacial score (nSPS) is 24.1. The van der Waals surface area contributed by atoms with Gasteiger partial charge in [-0.25, -0.2) is 8.42 Å². The molecule has 0 aromatic carbocycles. The minimum absolute atomic E-state index is 0.282. The standard InChI is InChI=1S/C14H26N4O2S/c1-9(2)15-6-13-14(12(5)16-17-13)21(19,20)18-7-10(3)11(4)8-18/h9-11,15H,6-8H2,1-5H3,(H,16,17). The van der Waals surface area contributed by atoms with Gasteiger partial charge >= 0.3 is 0 Å². The van der Waals surface area contributed by atoms with Crippen LogP contribution in [0.4, 0.5) is 0 Å². The van der Waals surface area contributed by atoms with Crippen LogP contribution in [0.3, 0.4) is 0 Å². The molecule has 1 saturated heterocycles. The molecule has 0 aliphatic carbocycles. The summed E-state index contributed by atoms with van der Waals surface area (Å²) in [6.45, 7) is 11.6. The molecule has 2 unspecified atom stereocenters. The van der Waals surface area contributed by atoms with E-state index in [2.05, 4.69) is 29.4 Å². The van der Waals surface area contributed by atoms with Crippen LogP contribution in [0.5, 0.6) is 0 Å². The Bertz CT molecular complexity index is 584. The summed E-state index contributed by atoms with van der Waals surface area (Å²) in [7, 11) is -3.47. The Kier molecular flexibility index (Phi) is 4.75. The summed E-state index contributed by atoms with van der Waals surface area (Å²) in [4.78, 5) is 0.344. The molecule has 0 bridgehead atoms. The molecule has 1 aromatic rings. The van der Waals surface area contributed by atoms with Gasteiger partial charge in [0, 0.05) is 25.7 Å². The highest BCUT2D eigenvalue weighted by Crippen LogP contribution is 2.30. The van der Waals surface area contributed by atoms with Crippen molar-refractivity contribution in [3.63, 3.8) is 0 Å². The number of nitrogens with one attached hydrogen (secondary N) is 2. The Morgan fingerprint density at radius 2 is 1.90 bits per heavy atom. The second-order valence-corrected chi connectivity index (χ2v) is 8.31. The number of aromatic amines is 1. The fourth-order valence-electron chi connectivity index (χ4n) is 2.63. The molecule has 1 aliphatic rings. The van der Waals surface area contributed by atoms with Crippen molar-refractivity contribution >= 4 is 10.0 Å². The van der Waals surface area contributed by atoms with Gasteiger partial charge in [0.15, 0.2) is 0 Å². The molecule has 0 saturated carbocycles. The third-order valence-corrected chi connectivity index (χ3v) is 6.23. The first kappa shape index (κ1) is 16.5. The van der Waals surface area contributed by atoms with Crippen molar-refractivity contribution in [2.75, 3.05) is 13.1 Å². The maximum absolute atomic E-state index is 12.9. The average Bonchev–Trinajstić information content (AvgIpc) is 2.92. The van der Waals surface area contributed by atoms with Gasteiger partial charge in [-0.15, -0.1) is 0 Å². The zero-order chi connectivity index (χ0) is 15.8. The molecular weight excluding hydrogens is 288 g/mol. The van der Waals surface area contributed by atoms with Crippen molar-refractivity contribution in [1.29, 1.82) is 0 Å². The lowest BCUT2D eigenvalue weighted by Gasteiger charge is -2.17. The summed E-state index contributed by atoms with van der Waals surface area (Å²) in [6.07, 6.45) is 0. The lowest BCUT2D eigenvalue weighted by molar-refractivity contribution is 0.461. The van der Waals surface area contributed by atoms with E-state index in [0.717, 1.165) is 0 Å². The Labute approximate surface area is 127 Å². The van der Waals surface area contributed by atoms with Crippen LogP contribution in [0.25, 0.3) is 0 Å². The van der Waals surface area contributed by atoms with Gasteiger partial charge in [-0.1, -0.05) is 27.7 Å². The molecule has 2 atom stereocenters. The first-order valence-corrected chi connectivity index (χ1v) is 8.94. The maximum atomic E-state index is 12.9. The second kappa shape index (κ2) is 6.06. The Balaban J connectivity index is 2.30. The smallest absolute Gasteiger partial charge is 0.246 e. The van der Waals surface area contributed by atoms with E-state index in [9.17, 15) is 8.42 Å². The molecule has 7 heteroatoms. The summed E-state index contributed by atoms with van der Waals surface area (Å²) in [5.74, 6) is 0.786. The quantitative estimate of drug-likeness (QED) is 0.863. The van der Waals surface area contributed by atoms with Gasteiger partial charge in [0.25, 0.3) is 0 Å². The van der Waals surface area contributed by atoms with Gasteiger partial charge in [0.1, 0.15) is 4.90 Å². The SMILES string of the molecule is Cc1[nH]nc(CNC(C)C)c1S(=O)(=O)N1CC(C)C(C)C1. The van der Waals surface area contributed by atoms with E-state index >= 15 is 0 Å². The predicted octanol–water partition coefficient (Wildman–Crippen LogP) is 1.49. The van der Waals surface area contributed by atoms with Crippen LogP contribution in [-0.2, 0) is 16.6 Å². The van der Waals surface area contributed by atoms with E-state index in [4.69, 9.17) is 0 Å². The van der Waals surface area contributed by atoms with Gasteiger partial charge < -0.3 is 5.32 Å². The Morgan fingerprint density at radius 1 is 1.33 bits per heavy atom. The largest absolute Gasteiger partial charge is 0.309 e. The molecule has 2 N–H and O–H groups in total. The summed E-state index contributed by atoms with van der Waals surface area (Å²) in [6, 6.07) is 0.282. The van der Waals surface area contributed by atoms with E-state index in [1.807, 2.05) is 13.8 Å². The summed E-state index contributed by atoms with van der Waals surface area (Å²) in [5.41, 5.74) is 1.19. The van der Waals surface area contributed by atoms with Crippen molar-refractivity contribution in [3.05, 3.63) is 11.4 Å². The Morgan fingerprint density at radius 3 is 2.43 bits per heavy atom. The minimum Gasteiger partial charge on any atom is -0.309 e. The van der Waals surface area contributed by atoms with Crippen LogP contribution in [0.15, 0.2) is 4.90 Å². The lowest BCUT2D eigenvalue weighted by Crippen LogP contribution is -2.31. The van der Waals surface area contributed by atoms with E-state index in [1.165, 1.54) is 0 Å². The molecule has 1 fully saturated rings. The topological polar surface area (TPSA) is 78.1 Å². The number of rotatable bonds is 5. The molecule has 6 nitrogen and oxygen atoms in total. The Hall–Kier alpha value is -0.920. The molecule has 0 spiro atoms. The van der Waals surface area contributed by atoms with Crippen LogP contribution in [0.1, 0.15) is 39.1 Å². The number of hydrogen-bond donors (Lipinski definition) is 2. The van der Waals surface area contributed by atoms with Crippen molar-refractivity contribution in [1.82, 2.24) is 19.8 Å². The average molecular weight is 314 g/mol. The number of hydrogen-bond acceptors (Lipinski definition) is 4. The number of aromatic nitrogens is 2. The number of nitrogens with zero attached hydrogens (tertiary/aromatic N) is 2. The fourth-order valence-corrected chi connectivity index (χ4v) is 4.60. The molecule has 2 heterocycles. The summed E-state index contributed by atoms with van der Waals surface area (Å²) in [5, 5.41) is 10.2. The summed E-state index contributed by atoms with van der Waals surface area (Å²) >= 11 is 0. The van der Waals surface area contributed by atoms with E-state index in [0.29, 0.717) is 47.8 Å². The van der Waals surface area contributed by atoms with Crippen LogP contribution in [0.2, 0.25) is 0 Å². The monoisotopic (exact) mass is 314 g/mol. The van der Waals surface area contributed by atoms with Gasteiger partial charge in [-0.2, -0.15) is 9.40 Å². The van der Waals surface area contributed by atoms with Gasteiger partial charge in [-0.3, -0.25) is 5.10 Å². The van der Waals surface area contributed by atoms with E-state index < -0.39 is 10.0 Å². The van der Waals surface area contributed by atoms with Crippen molar-refractivity contribution < 1.29 is 8.42 Å². The molecule has 2 rings (SSSR count).